The Bertz CT molecular complexity index is 786. The molecular formula is C18H16O. The SMILES string of the molecule is COc1ccc2cc3c4c(cccc4c2c1)CCC3. The van der Waals surface area contributed by atoms with E-state index >= 15 is 0 Å². The zero-order chi connectivity index (χ0) is 12.8. The van der Waals surface area contributed by atoms with Gasteiger partial charge in [-0.25, -0.2) is 0 Å². The third-order valence-corrected chi connectivity index (χ3v) is 4.24. The lowest BCUT2D eigenvalue weighted by molar-refractivity contribution is 0.415. The second-order valence-corrected chi connectivity index (χ2v) is 5.32. The van der Waals surface area contributed by atoms with Crippen LogP contribution in [0.1, 0.15) is 17.5 Å². The van der Waals surface area contributed by atoms with Crippen LogP contribution in [-0.2, 0) is 12.8 Å². The summed E-state index contributed by atoms with van der Waals surface area (Å²) in [6.45, 7) is 0. The van der Waals surface area contributed by atoms with E-state index in [9.17, 15) is 0 Å². The molecule has 0 atom stereocenters. The highest BCUT2D eigenvalue weighted by Gasteiger charge is 2.14. The van der Waals surface area contributed by atoms with Gasteiger partial charge in [-0.3, -0.25) is 0 Å². The first-order chi connectivity index (χ1) is 9.36. The first-order valence-corrected chi connectivity index (χ1v) is 6.88. The van der Waals surface area contributed by atoms with Crippen LogP contribution in [0.2, 0.25) is 0 Å². The highest BCUT2D eigenvalue weighted by atomic mass is 16.5. The molecule has 1 aliphatic rings. The Labute approximate surface area is 112 Å². The molecule has 0 amide bonds. The molecule has 0 N–H and O–H groups in total. The van der Waals surface area contributed by atoms with E-state index in [0.717, 1.165) is 5.75 Å². The van der Waals surface area contributed by atoms with Gasteiger partial charge in [-0.2, -0.15) is 0 Å². The molecule has 0 fully saturated rings. The first-order valence-electron chi connectivity index (χ1n) is 6.88. The average Bonchev–Trinajstić information content (AvgIpc) is 2.47. The summed E-state index contributed by atoms with van der Waals surface area (Å²) in [5, 5.41) is 5.49. The van der Waals surface area contributed by atoms with Gasteiger partial charge in [0.25, 0.3) is 0 Å². The average molecular weight is 248 g/mol. The number of hydrogen-bond donors (Lipinski definition) is 0. The predicted octanol–water partition coefficient (Wildman–Crippen LogP) is 4.49. The molecule has 0 radical (unpaired) electrons. The van der Waals surface area contributed by atoms with Crippen molar-refractivity contribution in [2.45, 2.75) is 19.3 Å². The summed E-state index contributed by atoms with van der Waals surface area (Å²) >= 11 is 0. The van der Waals surface area contributed by atoms with Gasteiger partial charge in [-0.15, -0.1) is 0 Å². The summed E-state index contributed by atoms with van der Waals surface area (Å²) in [6, 6.07) is 15.4. The zero-order valence-corrected chi connectivity index (χ0v) is 11.1. The number of rotatable bonds is 1. The molecule has 0 bridgehead atoms. The van der Waals surface area contributed by atoms with Crippen molar-refractivity contribution < 1.29 is 4.74 Å². The van der Waals surface area contributed by atoms with Crippen molar-refractivity contribution in [1.82, 2.24) is 0 Å². The van der Waals surface area contributed by atoms with Crippen molar-refractivity contribution >= 4 is 21.5 Å². The monoisotopic (exact) mass is 248 g/mol. The molecule has 1 aliphatic carbocycles. The maximum absolute atomic E-state index is 5.37. The van der Waals surface area contributed by atoms with Crippen LogP contribution in [0.5, 0.6) is 5.75 Å². The second kappa shape index (κ2) is 3.99. The molecule has 1 nitrogen and oxygen atoms in total. The van der Waals surface area contributed by atoms with E-state index in [1.54, 1.807) is 7.11 Å². The highest BCUT2D eigenvalue weighted by Crippen LogP contribution is 2.36. The maximum atomic E-state index is 5.37. The van der Waals surface area contributed by atoms with Crippen LogP contribution in [0.3, 0.4) is 0 Å². The van der Waals surface area contributed by atoms with Gasteiger partial charge in [0.15, 0.2) is 0 Å². The Morgan fingerprint density at radius 1 is 0.895 bits per heavy atom. The third-order valence-electron chi connectivity index (χ3n) is 4.24. The van der Waals surface area contributed by atoms with Gasteiger partial charge in [0.2, 0.25) is 0 Å². The molecule has 0 saturated carbocycles. The molecule has 0 aromatic heterocycles. The van der Waals surface area contributed by atoms with Gasteiger partial charge in [0, 0.05) is 0 Å². The summed E-state index contributed by atoms with van der Waals surface area (Å²) in [5.41, 5.74) is 3.01. The van der Waals surface area contributed by atoms with Crippen molar-refractivity contribution in [3.63, 3.8) is 0 Å². The van der Waals surface area contributed by atoms with E-state index in [0.29, 0.717) is 0 Å². The van der Waals surface area contributed by atoms with Gasteiger partial charge < -0.3 is 4.74 Å². The summed E-state index contributed by atoms with van der Waals surface area (Å²) in [7, 11) is 1.73. The zero-order valence-electron chi connectivity index (χ0n) is 11.1. The Hall–Kier alpha value is -2.02. The number of methoxy groups -OCH3 is 1. The standard InChI is InChI=1S/C18H16O/c1-19-15-9-8-13-10-14-6-2-4-12-5-3-7-16(18(12)14)17(13)11-15/h3,5,7-11H,2,4,6H2,1H3. The highest BCUT2D eigenvalue weighted by molar-refractivity contribution is 6.10. The minimum atomic E-state index is 0.934. The quantitative estimate of drug-likeness (QED) is 0.576. The van der Waals surface area contributed by atoms with Gasteiger partial charge in [0.1, 0.15) is 5.75 Å². The molecule has 0 aliphatic heterocycles. The van der Waals surface area contributed by atoms with Crippen molar-refractivity contribution in [1.29, 1.82) is 0 Å². The number of benzene rings is 3. The van der Waals surface area contributed by atoms with Crippen molar-refractivity contribution in [2.24, 2.45) is 0 Å². The van der Waals surface area contributed by atoms with E-state index in [-0.39, 0.29) is 0 Å². The Morgan fingerprint density at radius 3 is 2.68 bits per heavy atom. The number of hydrogen-bond acceptors (Lipinski definition) is 1. The fourth-order valence-corrected chi connectivity index (χ4v) is 3.36. The Kier molecular flexibility index (Phi) is 2.28. The van der Waals surface area contributed by atoms with Crippen LogP contribution in [0.4, 0.5) is 0 Å². The fourth-order valence-electron chi connectivity index (χ4n) is 3.36. The van der Waals surface area contributed by atoms with E-state index in [1.807, 2.05) is 6.07 Å². The van der Waals surface area contributed by atoms with Gasteiger partial charge in [-0.1, -0.05) is 30.3 Å². The molecule has 4 rings (SSSR count). The normalized spacial score (nSPS) is 13.9. The van der Waals surface area contributed by atoms with Crippen molar-refractivity contribution in [3.05, 3.63) is 53.6 Å². The van der Waals surface area contributed by atoms with Crippen molar-refractivity contribution in [2.75, 3.05) is 7.11 Å². The van der Waals surface area contributed by atoms with Crippen LogP contribution < -0.4 is 4.74 Å². The lowest BCUT2D eigenvalue weighted by atomic mass is 9.86. The topological polar surface area (TPSA) is 9.23 Å². The maximum Gasteiger partial charge on any atom is 0.119 e. The summed E-state index contributed by atoms with van der Waals surface area (Å²) in [5.74, 6) is 0.934. The summed E-state index contributed by atoms with van der Waals surface area (Å²) in [4.78, 5) is 0. The first kappa shape index (κ1) is 10.9. The predicted molar refractivity (Wildman–Crippen MR) is 80.0 cm³/mol. The molecule has 0 unspecified atom stereocenters. The van der Waals surface area contributed by atoms with Crippen LogP contribution in [0.25, 0.3) is 21.5 Å². The summed E-state index contributed by atoms with van der Waals surface area (Å²) in [6.07, 6.45) is 3.68. The molecule has 3 aromatic carbocycles. The third kappa shape index (κ3) is 1.54. The molecule has 0 spiro atoms. The molecule has 3 aromatic rings. The van der Waals surface area contributed by atoms with Crippen LogP contribution >= 0.6 is 0 Å². The van der Waals surface area contributed by atoms with Crippen LogP contribution in [-0.4, -0.2) is 7.11 Å². The van der Waals surface area contributed by atoms with E-state index in [4.69, 9.17) is 4.74 Å². The summed E-state index contributed by atoms with van der Waals surface area (Å²) < 4.78 is 5.37. The smallest absolute Gasteiger partial charge is 0.119 e. The molecule has 0 saturated heterocycles. The number of fused-ring (bicyclic) bond motifs is 2. The van der Waals surface area contributed by atoms with E-state index in [1.165, 1.54) is 51.9 Å². The Morgan fingerprint density at radius 2 is 1.79 bits per heavy atom. The largest absolute Gasteiger partial charge is 0.497 e. The minimum Gasteiger partial charge on any atom is -0.497 e. The molecule has 19 heavy (non-hydrogen) atoms. The lowest BCUT2D eigenvalue weighted by Gasteiger charge is -2.19. The second-order valence-electron chi connectivity index (χ2n) is 5.32. The van der Waals surface area contributed by atoms with E-state index in [2.05, 4.69) is 36.4 Å². The fraction of sp³-hybridized carbons (Fsp3) is 0.222. The van der Waals surface area contributed by atoms with Gasteiger partial charge in [-0.05, 0) is 64.1 Å². The molecule has 0 heterocycles. The van der Waals surface area contributed by atoms with Crippen molar-refractivity contribution in [3.8, 4) is 5.75 Å². The lowest BCUT2D eigenvalue weighted by Crippen LogP contribution is -2.01. The number of ether oxygens (including phenoxy) is 1. The Balaban J connectivity index is 2.20. The molecular weight excluding hydrogens is 232 g/mol. The molecule has 94 valence electrons. The van der Waals surface area contributed by atoms with Crippen LogP contribution in [0.15, 0.2) is 42.5 Å². The van der Waals surface area contributed by atoms with Gasteiger partial charge in [0.05, 0.1) is 7.11 Å². The number of aryl methyl sites for hydroxylation is 2. The van der Waals surface area contributed by atoms with Crippen LogP contribution in [0, 0.1) is 0 Å². The van der Waals surface area contributed by atoms with Gasteiger partial charge >= 0.3 is 0 Å². The van der Waals surface area contributed by atoms with E-state index < -0.39 is 0 Å². The minimum absolute atomic E-state index is 0.934. The molecule has 1 heteroatoms.